The molecule has 0 fully saturated rings. The van der Waals surface area contributed by atoms with Crippen LogP contribution in [0.1, 0.15) is 58.6 Å². The molecule has 0 saturated heterocycles. The van der Waals surface area contributed by atoms with Crippen molar-refractivity contribution in [2.45, 2.75) is 53.0 Å². The predicted molar refractivity (Wildman–Crippen MR) is 84.4 cm³/mol. The standard InChI is InChI=1S/C17H29NO2/c1-5-19-16-11-10-14(12-17(16)20-6-2)15(18)9-7-8-13(3)4/h10-13,15H,5-9,18H2,1-4H3. The zero-order valence-corrected chi connectivity index (χ0v) is 13.3. The Bertz CT molecular complexity index is 391. The molecule has 0 aliphatic rings. The van der Waals surface area contributed by atoms with E-state index in [9.17, 15) is 0 Å². The van der Waals surface area contributed by atoms with E-state index in [0.717, 1.165) is 35.8 Å². The summed E-state index contributed by atoms with van der Waals surface area (Å²) in [5, 5.41) is 0. The van der Waals surface area contributed by atoms with Gasteiger partial charge in [0.05, 0.1) is 13.2 Å². The van der Waals surface area contributed by atoms with Gasteiger partial charge < -0.3 is 15.2 Å². The lowest BCUT2D eigenvalue weighted by Crippen LogP contribution is -2.11. The topological polar surface area (TPSA) is 44.5 Å². The van der Waals surface area contributed by atoms with Gasteiger partial charge in [-0.25, -0.2) is 0 Å². The SMILES string of the molecule is CCOc1ccc(C(N)CCCC(C)C)cc1OCC. The fourth-order valence-corrected chi connectivity index (χ4v) is 2.21. The van der Waals surface area contributed by atoms with E-state index >= 15 is 0 Å². The van der Waals surface area contributed by atoms with E-state index in [4.69, 9.17) is 15.2 Å². The molecule has 1 aromatic rings. The second-order valence-corrected chi connectivity index (χ2v) is 5.50. The van der Waals surface area contributed by atoms with E-state index < -0.39 is 0 Å². The van der Waals surface area contributed by atoms with E-state index in [1.807, 2.05) is 32.0 Å². The van der Waals surface area contributed by atoms with Gasteiger partial charge in [-0.3, -0.25) is 0 Å². The van der Waals surface area contributed by atoms with Crippen LogP contribution in [0.2, 0.25) is 0 Å². The van der Waals surface area contributed by atoms with Crippen molar-refractivity contribution in [1.29, 1.82) is 0 Å². The van der Waals surface area contributed by atoms with Crippen LogP contribution in [0, 0.1) is 5.92 Å². The summed E-state index contributed by atoms with van der Waals surface area (Å²) in [6.07, 6.45) is 3.40. The fraction of sp³-hybridized carbons (Fsp3) is 0.647. The first-order valence-electron chi connectivity index (χ1n) is 7.73. The number of benzene rings is 1. The van der Waals surface area contributed by atoms with Crippen molar-refractivity contribution in [3.05, 3.63) is 23.8 Å². The van der Waals surface area contributed by atoms with Gasteiger partial charge in [0.25, 0.3) is 0 Å². The first-order valence-corrected chi connectivity index (χ1v) is 7.73. The molecule has 0 aliphatic heterocycles. The van der Waals surface area contributed by atoms with Gasteiger partial charge in [-0.2, -0.15) is 0 Å². The van der Waals surface area contributed by atoms with Crippen LogP contribution in [0.3, 0.4) is 0 Å². The molecule has 1 aromatic carbocycles. The Morgan fingerprint density at radius 1 is 1.00 bits per heavy atom. The molecule has 0 bridgehead atoms. The maximum absolute atomic E-state index is 6.27. The highest BCUT2D eigenvalue weighted by atomic mass is 16.5. The average Bonchev–Trinajstić information content (AvgIpc) is 2.40. The average molecular weight is 279 g/mol. The first-order chi connectivity index (χ1) is 9.58. The van der Waals surface area contributed by atoms with Gasteiger partial charge in [0.15, 0.2) is 11.5 Å². The minimum atomic E-state index is 0.0728. The Hall–Kier alpha value is -1.22. The van der Waals surface area contributed by atoms with Crippen molar-refractivity contribution in [3.63, 3.8) is 0 Å². The van der Waals surface area contributed by atoms with Crippen molar-refractivity contribution in [2.24, 2.45) is 11.7 Å². The molecule has 20 heavy (non-hydrogen) atoms. The Morgan fingerprint density at radius 2 is 1.65 bits per heavy atom. The normalized spacial score (nSPS) is 12.5. The lowest BCUT2D eigenvalue weighted by Gasteiger charge is -2.16. The summed E-state index contributed by atoms with van der Waals surface area (Å²) in [4.78, 5) is 0. The monoisotopic (exact) mass is 279 g/mol. The molecule has 3 heteroatoms. The molecular formula is C17H29NO2. The largest absolute Gasteiger partial charge is 0.490 e. The molecule has 1 atom stereocenters. The smallest absolute Gasteiger partial charge is 0.161 e. The quantitative estimate of drug-likeness (QED) is 0.732. The molecule has 0 amide bonds. The molecule has 0 heterocycles. The van der Waals surface area contributed by atoms with Crippen LogP contribution >= 0.6 is 0 Å². The van der Waals surface area contributed by atoms with Crippen molar-refractivity contribution in [3.8, 4) is 11.5 Å². The van der Waals surface area contributed by atoms with Gasteiger partial charge in [-0.05, 0) is 43.9 Å². The van der Waals surface area contributed by atoms with E-state index in [2.05, 4.69) is 13.8 Å². The molecule has 114 valence electrons. The van der Waals surface area contributed by atoms with Crippen LogP contribution < -0.4 is 15.2 Å². The van der Waals surface area contributed by atoms with Crippen molar-refractivity contribution in [1.82, 2.24) is 0 Å². The number of rotatable bonds is 9. The highest BCUT2D eigenvalue weighted by Gasteiger charge is 2.11. The van der Waals surface area contributed by atoms with Crippen molar-refractivity contribution >= 4 is 0 Å². The Morgan fingerprint density at radius 3 is 2.25 bits per heavy atom. The summed E-state index contributed by atoms with van der Waals surface area (Å²) in [7, 11) is 0. The molecule has 0 aliphatic carbocycles. The van der Waals surface area contributed by atoms with Crippen molar-refractivity contribution in [2.75, 3.05) is 13.2 Å². The third-order valence-corrected chi connectivity index (χ3v) is 3.29. The lowest BCUT2D eigenvalue weighted by atomic mass is 9.98. The van der Waals surface area contributed by atoms with E-state index in [0.29, 0.717) is 13.2 Å². The van der Waals surface area contributed by atoms with E-state index in [1.54, 1.807) is 0 Å². The molecule has 2 N–H and O–H groups in total. The number of hydrogen-bond donors (Lipinski definition) is 1. The zero-order chi connectivity index (χ0) is 15.0. The van der Waals surface area contributed by atoms with Gasteiger partial charge in [-0.1, -0.05) is 32.8 Å². The van der Waals surface area contributed by atoms with Crippen LogP contribution in [0.4, 0.5) is 0 Å². The maximum atomic E-state index is 6.27. The van der Waals surface area contributed by atoms with E-state index in [1.165, 1.54) is 6.42 Å². The van der Waals surface area contributed by atoms with E-state index in [-0.39, 0.29) is 6.04 Å². The first kappa shape index (κ1) is 16.8. The second-order valence-electron chi connectivity index (χ2n) is 5.50. The molecule has 0 aromatic heterocycles. The van der Waals surface area contributed by atoms with Crippen LogP contribution in [0.5, 0.6) is 11.5 Å². The van der Waals surface area contributed by atoms with Gasteiger partial charge in [0, 0.05) is 6.04 Å². The number of nitrogens with two attached hydrogens (primary N) is 1. The third kappa shape index (κ3) is 5.41. The molecule has 3 nitrogen and oxygen atoms in total. The second kappa shape index (κ2) is 8.85. The summed E-state index contributed by atoms with van der Waals surface area (Å²) in [6.45, 7) is 9.71. The van der Waals surface area contributed by atoms with Crippen LogP contribution in [-0.4, -0.2) is 13.2 Å². The van der Waals surface area contributed by atoms with Gasteiger partial charge in [0.2, 0.25) is 0 Å². The van der Waals surface area contributed by atoms with Gasteiger partial charge in [0.1, 0.15) is 0 Å². The summed E-state index contributed by atoms with van der Waals surface area (Å²) in [6, 6.07) is 6.11. The van der Waals surface area contributed by atoms with Crippen LogP contribution in [0.25, 0.3) is 0 Å². The summed E-state index contributed by atoms with van der Waals surface area (Å²) < 4.78 is 11.2. The Labute approximate surface area is 123 Å². The molecule has 1 rings (SSSR count). The minimum Gasteiger partial charge on any atom is -0.490 e. The number of ether oxygens (including phenoxy) is 2. The molecule has 0 radical (unpaired) electrons. The Kier molecular flexibility index (Phi) is 7.45. The molecule has 0 saturated carbocycles. The van der Waals surface area contributed by atoms with Crippen LogP contribution in [-0.2, 0) is 0 Å². The Balaban J connectivity index is 2.71. The fourth-order valence-electron chi connectivity index (χ4n) is 2.21. The lowest BCUT2D eigenvalue weighted by molar-refractivity contribution is 0.287. The van der Waals surface area contributed by atoms with Crippen LogP contribution in [0.15, 0.2) is 18.2 Å². The predicted octanol–water partition coefficient (Wildman–Crippen LogP) is 4.31. The van der Waals surface area contributed by atoms with Gasteiger partial charge >= 0.3 is 0 Å². The minimum absolute atomic E-state index is 0.0728. The molecular weight excluding hydrogens is 250 g/mol. The highest BCUT2D eigenvalue weighted by Crippen LogP contribution is 2.31. The van der Waals surface area contributed by atoms with Crippen molar-refractivity contribution < 1.29 is 9.47 Å². The summed E-state index contributed by atoms with van der Waals surface area (Å²) >= 11 is 0. The number of hydrogen-bond acceptors (Lipinski definition) is 3. The highest BCUT2D eigenvalue weighted by molar-refractivity contribution is 5.43. The maximum Gasteiger partial charge on any atom is 0.161 e. The molecule has 1 unspecified atom stereocenters. The van der Waals surface area contributed by atoms with Gasteiger partial charge in [-0.15, -0.1) is 0 Å². The zero-order valence-electron chi connectivity index (χ0n) is 13.3. The summed E-state index contributed by atoms with van der Waals surface area (Å²) in [5.74, 6) is 2.33. The molecule has 0 spiro atoms. The third-order valence-electron chi connectivity index (χ3n) is 3.29. The summed E-state index contributed by atoms with van der Waals surface area (Å²) in [5.41, 5.74) is 7.40.